The molecule has 1 unspecified atom stereocenters. The first-order valence-electron chi connectivity index (χ1n) is 7.00. The van der Waals surface area contributed by atoms with Crippen LogP contribution in [0.5, 0.6) is 0 Å². The van der Waals surface area contributed by atoms with E-state index in [1.165, 1.54) is 23.9 Å². The molecule has 0 amide bonds. The van der Waals surface area contributed by atoms with E-state index in [0.717, 1.165) is 17.3 Å². The molecule has 0 aliphatic heterocycles. The van der Waals surface area contributed by atoms with E-state index in [1.807, 2.05) is 24.7 Å². The Bertz CT molecular complexity index is 843. The average Bonchev–Trinajstić information content (AvgIpc) is 3.16. The molecule has 0 fully saturated rings. The summed E-state index contributed by atoms with van der Waals surface area (Å²) in [6.45, 7) is 1.86. The average molecular weight is 354 g/mol. The molecule has 3 aromatic rings. The van der Waals surface area contributed by atoms with Crippen molar-refractivity contribution in [2.24, 2.45) is 7.05 Å². The topological polar surface area (TPSA) is 56.7 Å². The van der Waals surface area contributed by atoms with Gasteiger partial charge in [0, 0.05) is 25.0 Å². The Morgan fingerprint density at radius 2 is 2.08 bits per heavy atom. The van der Waals surface area contributed by atoms with Crippen molar-refractivity contribution in [1.29, 1.82) is 0 Å². The quantitative estimate of drug-likeness (QED) is 0.652. The van der Waals surface area contributed by atoms with Crippen molar-refractivity contribution in [2.45, 2.75) is 23.5 Å². The highest BCUT2D eigenvalue weighted by atomic mass is 32.2. The van der Waals surface area contributed by atoms with Crippen molar-refractivity contribution in [3.63, 3.8) is 0 Å². The molecule has 0 aliphatic rings. The number of aromatic nitrogens is 4. The number of hydrogen-bond donors (Lipinski definition) is 0. The molecule has 1 aromatic carbocycles. The maximum absolute atomic E-state index is 12.8. The third-order valence-electron chi connectivity index (χ3n) is 3.30. The first-order chi connectivity index (χ1) is 11.3. The molecule has 0 spiro atoms. The maximum atomic E-state index is 12.8. The van der Waals surface area contributed by atoms with Crippen LogP contribution in [0.1, 0.15) is 23.6 Å². The number of halogens is 3. The summed E-state index contributed by atoms with van der Waals surface area (Å²) in [4.78, 5) is 8.41. The van der Waals surface area contributed by atoms with Gasteiger partial charge in [-0.3, -0.25) is 0 Å². The van der Waals surface area contributed by atoms with Gasteiger partial charge in [-0.2, -0.15) is 18.2 Å². The molecule has 24 heavy (non-hydrogen) atoms. The molecular weight excluding hydrogens is 341 g/mol. The Balaban J connectivity index is 1.82. The Hall–Kier alpha value is -2.29. The van der Waals surface area contributed by atoms with Gasteiger partial charge in [0.15, 0.2) is 5.16 Å². The number of alkyl halides is 3. The van der Waals surface area contributed by atoms with Gasteiger partial charge >= 0.3 is 6.18 Å². The molecule has 9 heteroatoms. The fraction of sp³-hybridized carbons (Fsp3) is 0.267. The van der Waals surface area contributed by atoms with Crippen molar-refractivity contribution in [1.82, 2.24) is 19.7 Å². The molecule has 5 nitrogen and oxygen atoms in total. The second-order valence-corrected chi connectivity index (χ2v) is 6.42. The number of thioether (sulfide) groups is 1. The van der Waals surface area contributed by atoms with E-state index in [0.29, 0.717) is 5.89 Å². The van der Waals surface area contributed by atoms with E-state index in [9.17, 15) is 13.2 Å². The van der Waals surface area contributed by atoms with Gasteiger partial charge in [-0.1, -0.05) is 29.1 Å². The maximum Gasteiger partial charge on any atom is 0.416 e. The first kappa shape index (κ1) is 16.6. The number of rotatable bonds is 4. The van der Waals surface area contributed by atoms with Crippen LogP contribution in [0.25, 0.3) is 11.4 Å². The van der Waals surface area contributed by atoms with E-state index in [-0.39, 0.29) is 16.6 Å². The molecular formula is C15H13F3N4OS. The minimum absolute atomic E-state index is 0.128. The standard InChI is InChI=1S/C15H13F3N4OS/c1-9(24-14-19-6-7-22(14)2)13-20-12(21-23-13)10-4-3-5-11(8-10)15(16,17)18/h3-9H,1-2H3. The fourth-order valence-electron chi connectivity index (χ4n) is 2.03. The van der Waals surface area contributed by atoms with Crippen molar-refractivity contribution >= 4 is 11.8 Å². The number of imidazole rings is 1. The summed E-state index contributed by atoms with van der Waals surface area (Å²) in [6.07, 6.45) is -0.919. The molecule has 0 aliphatic carbocycles. The molecule has 2 heterocycles. The molecule has 2 aromatic heterocycles. The number of hydrogen-bond acceptors (Lipinski definition) is 5. The van der Waals surface area contributed by atoms with E-state index in [2.05, 4.69) is 15.1 Å². The van der Waals surface area contributed by atoms with E-state index in [4.69, 9.17) is 4.52 Å². The third kappa shape index (κ3) is 3.45. The van der Waals surface area contributed by atoms with Crippen LogP contribution in [-0.4, -0.2) is 19.7 Å². The summed E-state index contributed by atoms with van der Waals surface area (Å²) >= 11 is 1.42. The second kappa shape index (κ2) is 6.31. The molecule has 0 radical (unpaired) electrons. The van der Waals surface area contributed by atoms with Gasteiger partial charge in [-0.25, -0.2) is 4.98 Å². The van der Waals surface area contributed by atoms with E-state index >= 15 is 0 Å². The van der Waals surface area contributed by atoms with Gasteiger partial charge in [0.25, 0.3) is 0 Å². The Morgan fingerprint density at radius 3 is 2.75 bits per heavy atom. The zero-order valence-corrected chi connectivity index (χ0v) is 13.6. The van der Waals surface area contributed by atoms with Crippen LogP contribution in [0.4, 0.5) is 13.2 Å². The van der Waals surface area contributed by atoms with Crippen LogP contribution in [0, 0.1) is 0 Å². The van der Waals surface area contributed by atoms with E-state index < -0.39 is 11.7 Å². The highest BCUT2D eigenvalue weighted by molar-refractivity contribution is 7.99. The summed E-state index contributed by atoms with van der Waals surface area (Å²) in [5.74, 6) is 0.457. The first-order valence-corrected chi connectivity index (χ1v) is 7.88. The molecule has 0 saturated carbocycles. The summed E-state index contributed by atoms with van der Waals surface area (Å²) in [6, 6.07) is 4.84. The Kier molecular flexibility index (Phi) is 4.35. The lowest BCUT2D eigenvalue weighted by Crippen LogP contribution is -2.04. The van der Waals surface area contributed by atoms with Crippen molar-refractivity contribution in [2.75, 3.05) is 0 Å². The van der Waals surface area contributed by atoms with Gasteiger partial charge in [-0.15, -0.1) is 0 Å². The Morgan fingerprint density at radius 1 is 1.29 bits per heavy atom. The zero-order valence-electron chi connectivity index (χ0n) is 12.8. The predicted octanol–water partition coefficient (Wildman–Crippen LogP) is 4.34. The van der Waals surface area contributed by atoms with Crippen molar-refractivity contribution in [3.8, 4) is 11.4 Å². The van der Waals surface area contributed by atoms with Gasteiger partial charge in [0.05, 0.1) is 10.8 Å². The summed E-state index contributed by atoms with van der Waals surface area (Å²) < 4.78 is 45.4. The molecule has 1 atom stereocenters. The molecule has 0 bridgehead atoms. The van der Waals surface area contributed by atoms with Crippen LogP contribution in [0.15, 0.2) is 46.3 Å². The normalized spacial score (nSPS) is 13.2. The molecule has 126 valence electrons. The van der Waals surface area contributed by atoms with Crippen LogP contribution in [0.2, 0.25) is 0 Å². The lowest BCUT2D eigenvalue weighted by atomic mass is 10.1. The van der Waals surface area contributed by atoms with E-state index in [1.54, 1.807) is 6.20 Å². The SMILES string of the molecule is CC(Sc1nccn1C)c1nc(-c2cccc(C(F)(F)F)c2)no1. The van der Waals surface area contributed by atoms with Gasteiger partial charge < -0.3 is 9.09 Å². The summed E-state index contributed by atoms with van der Waals surface area (Å²) in [7, 11) is 1.87. The molecule has 0 saturated heterocycles. The fourth-order valence-corrected chi connectivity index (χ4v) is 2.89. The third-order valence-corrected chi connectivity index (χ3v) is 4.46. The van der Waals surface area contributed by atoms with Crippen molar-refractivity contribution < 1.29 is 17.7 Å². The largest absolute Gasteiger partial charge is 0.416 e. The van der Waals surface area contributed by atoms with Crippen LogP contribution in [0.3, 0.4) is 0 Å². The summed E-state index contributed by atoms with van der Waals surface area (Å²) in [5.41, 5.74) is -0.490. The highest BCUT2D eigenvalue weighted by Crippen LogP contribution is 2.34. The smallest absolute Gasteiger partial charge is 0.338 e. The zero-order chi connectivity index (χ0) is 17.3. The second-order valence-electron chi connectivity index (χ2n) is 5.12. The minimum atomic E-state index is -4.41. The van der Waals surface area contributed by atoms with Gasteiger partial charge in [0.1, 0.15) is 0 Å². The van der Waals surface area contributed by atoms with Gasteiger partial charge in [0.2, 0.25) is 11.7 Å². The lowest BCUT2D eigenvalue weighted by molar-refractivity contribution is -0.137. The molecule has 3 rings (SSSR count). The van der Waals surface area contributed by atoms with Crippen molar-refractivity contribution in [3.05, 3.63) is 48.1 Å². The van der Waals surface area contributed by atoms with Crippen LogP contribution in [-0.2, 0) is 13.2 Å². The van der Waals surface area contributed by atoms with Gasteiger partial charge in [-0.05, 0) is 19.1 Å². The molecule has 0 N–H and O–H groups in total. The van der Waals surface area contributed by atoms with Crippen LogP contribution >= 0.6 is 11.8 Å². The highest BCUT2D eigenvalue weighted by Gasteiger charge is 2.31. The number of aryl methyl sites for hydroxylation is 1. The predicted molar refractivity (Wildman–Crippen MR) is 82.2 cm³/mol. The number of nitrogens with zero attached hydrogens (tertiary/aromatic N) is 4. The number of benzene rings is 1. The monoisotopic (exact) mass is 354 g/mol. The summed E-state index contributed by atoms with van der Waals surface area (Å²) in [5, 5.41) is 4.39. The lowest BCUT2D eigenvalue weighted by Gasteiger charge is -2.06. The minimum Gasteiger partial charge on any atom is -0.338 e. The Labute approximate surface area is 139 Å². The van der Waals surface area contributed by atoms with Crippen LogP contribution < -0.4 is 0 Å².